The maximum absolute atomic E-state index is 11.6. The molecule has 0 aliphatic carbocycles. The Labute approximate surface area is 118 Å². The highest BCUT2D eigenvalue weighted by atomic mass is 32.2. The van der Waals surface area contributed by atoms with Crippen LogP contribution in [0.5, 0.6) is 0 Å². The summed E-state index contributed by atoms with van der Waals surface area (Å²) in [5, 5.41) is 2.58. The van der Waals surface area contributed by atoms with Gasteiger partial charge < -0.3 is 10.1 Å². The van der Waals surface area contributed by atoms with Crippen LogP contribution in [0.2, 0.25) is 0 Å². The van der Waals surface area contributed by atoms with E-state index in [-0.39, 0.29) is 30.3 Å². The molecule has 1 N–H and O–H groups in total. The molecule has 0 atom stereocenters. The van der Waals surface area contributed by atoms with Gasteiger partial charge in [0.25, 0.3) is 0 Å². The number of carbonyl (C=O) groups excluding carboxylic acids is 2. The van der Waals surface area contributed by atoms with E-state index in [1.54, 1.807) is 6.92 Å². The third-order valence-electron chi connectivity index (χ3n) is 2.43. The van der Waals surface area contributed by atoms with Crippen molar-refractivity contribution in [1.29, 1.82) is 0 Å². The normalized spacial score (nSPS) is 10.9. The van der Waals surface area contributed by atoms with Gasteiger partial charge >= 0.3 is 5.97 Å². The Bertz CT molecular complexity index is 577. The lowest BCUT2D eigenvalue weighted by Crippen LogP contribution is -2.14. The average Bonchev–Trinajstić information content (AvgIpc) is 2.36. The molecule has 1 aromatic carbocycles. The second kappa shape index (κ2) is 7.04. The summed E-state index contributed by atoms with van der Waals surface area (Å²) in [5.74, 6) is -0.750. The Hall–Kier alpha value is -1.89. The molecule has 0 spiro atoms. The van der Waals surface area contributed by atoms with Crippen LogP contribution >= 0.6 is 0 Å². The second-order valence-corrected chi connectivity index (χ2v) is 6.17. The van der Waals surface area contributed by atoms with E-state index < -0.39 is 15.8 Å². The fourth-order valence-electron chi connectivity index (χ4n) is 1.46. The lowest BCUT2D eigenvalue weighted by molar-refractivity contribution is -0.144. The molecule has 1 rings (SSSR count). The lowest BCUT2D eigenvalue weighted by atomic mass is 10.2. The summed E-state index contributed by atoms with van der Waals surface area (Å²) in [7, 11) is -3.25. The fourth-order valence-corrected chi connectivity index (χ4v) is 2.09. The summed E-state index contributed by atoms with van der Waals surface area (Å²) in [4.78, 5) is 22.8. The standard InChI is InChI=1S/C13H17NO5S/c1-3-19-13(16)9-8-12(15)14-10-4-6-11(7-5-10)20(2,17)18/h4-7H,3,8-9H2,1-2H3,(H,14,15). The van der Waals surface area contributed by atoms with E-state index in [1.807, 2.05) is 0 Å². The van der Waals surface area contributed by atoms with Gasteiger partial charge in [-0.05, 0) is 31.2 Å². The molecule has 0 saturated carbocycles. The van der Waals surface area contributed by atoms with Crippen LogP contribution in [-0.2, 0) is 24.2 Å². The molecule has 0 fully saturated rings. The molecule has 7 heteroatoms. The van der Waals surface area contributed by atoms with Gasteiger partial charge in [-0.1, -0.05) is 0 Å². The number of esters is 1. The third kappa shape index (κ3) is 5.40. The van der Waals surface area contributed by atoms with E-state index in [0.717, 1.165) is 6.26 Å². The van der Waals surface area contributed by atoms with Crippen LogP contribution < -0.4 is 5.32 Å². The first-order valence-electron chi connectivity index (χ1n) is 6.08. The highest BCUT2D eigenvalue weighted by Gasteiger charge is 2.09. The van der Waals surface area contributed by atoms with Gasteiger partial charge in [0, 0.05) is 18.4 Å². The summed E-state index contributed by atoms with van der Waals surface area (Å²) < 4.78 is 27.2. The number of amides is 1. The van der Waals surface area contributed by atoms with Crippen LogP contribution in [0.1, 0.15) is 19.8 Å². The van der Waals surface area contributed by atoms with Crippen LogP contribution in [-0.4, -0.2) is 33.2 Å². The zero-order valence-corrected chi connectivity index (χ0v) is 12.2. The van der Waals surface area contributed by atoms with Crippen molar-refractivity contribution in [1.82, 2.24) is 0 Å². The van der Waals surface area contributed by atoms with E-state index in [1.165, 1.54) is 24.3 Å². The number of hydrogen-bond donors (Lipinski definition) is 1. The lowest BCUT2D eigenvalue weighted by Gasteiger charge is -2.06. The van der Waals surface area contributed by atoms with Crippen molar-refractivity contribution in [3.63, 3.8) is 0 Å². The van der Waals surface area contributed by atoms with Gasteiger partial charge in [0.15, 0.2) is 9.84 Å². The number of nitrogens with one attached hydrogen (secondary N) is 1. The van der Waals surface area contributed by atoms with Gasteiger partial charge in [-0.3, -0.25) is 9.59 Å². The molecule has 20 heavy (non-hydrogen) atoms. The largest absolute Gasteiger partial charge is 0.466 e. The van der Waals surface area contributed by atoms with Gasteiger partial charge in [0.05, 0.1) is 17.9 Å². The maximum Gasteiger partial charge on any atom is 0.306 e. The predicted octanol–water partition coefficient (Wildman–Crippen LogP) is 1.37. The number of rotatable bonds is 6. The molecule has 0 unspecified atom stereocenters. The van der Waals surface area contributed by atoms with Gasteiger partial charge in [-0.2, -0.15) is 0 Å². The van der Waals surface area contributed by atoms with Crippen molar-refractivity contribution in [3.05, 3.63) is 24.3 Å². The number of carbonyl (C=O) groups is 2. The summed E-state index contributed by atoms with van der Waals surface area (Å²) >= 11 is 0. The Morgan fingerprint density at radius 3 is 2.25 bits per heavy atom. The minimum absolute atomic E-state index is 0.0150. The summed E-state index contributed by atoms with van der Waals surface area (Å²) in [6.07, 6.45) is 1.15. The van der Waals surface area contributed by atoms with Crippen LogP contribution in [0.3, 0.4) is 0 Å². The molecule has 1 aromatic rings. The summed E-state index contributed by atoms with van der Waals surface area (Å²) in [5.41, 5.74) is 0.478. The molecular weight excluding hydrogens is 282 g/mol. The quantitative estimate of drug-likeness (QED) is 0.801. The van der Waals surface area contributed by atoms with E-state index in [0.29, 0.717) is 5.69 Å². The van der Waals surface area contributed by atoms with E-state index in [9.17, 15) is 18.0 Å². The number of anilines is 1. The van der Waals surface area contributed by atoms with Gasteiger partial charge in [0.2, 0.25) is 5.91 Å². The second-order valence-electron chi connectivity index (χ2n) is 4.15. The van der Waals surface area contributed by atoms with Crippen molar-refractivity contribution in [2.75, 3.05) is 18.2 Å². The summed E-state index contributed by atoms with van der Waals surface area (Å²) in [6.45, 7) is 1.98. The monoisotopic (exact) mass is 299 g/mol. The molecule has 1 amide bonds. The van der Waals surface area contributed by atoms with Crippen molar-refractivity contribution in [2.24, 2.45) is 0 Å². The number of ether oxygens (including phenoxy) is 1. The van der Waals surface area contributed by atoms with Crippen LogP contribution in [0, 0.1) is 0 Å². The topological polar surface area (TPSA) is 89.5 Å². The SMILES string of the molecule is CCOC(=O)CCC(=O)Nc1ccc(S(C)(=O)=O)cc1. The smallest absolute Gasteiger partial charge is 0.306 e. The van der Waals surface area contributed by atoms with Crippen molar-refractivity contribution < 1.29 is 22.7 Å². The Balaban J connectivity index is 2.53. The van der Waals surface area contributed by atoms with Crippen LogP contribution in [0.25, 0.3) is 0 Å². The molecule has 0 aromatic heterocycles. The summed E-state index contributed by atoms with van der Waals surface area (Å²) in [6, 6.07) is 5.82. The molecule has 0 aliphatic rings. The van der Waals surface area contributed by atoms with E-state index in [2.05, 4.69) is 5.32 Å². The van der Waals surface area contributed by atoms with Crippen molar-refractivity contribution in [2.45, 2.75) is 24.7 Å². The first kappa shape index (κ1) is 16.2. The maximum atomic E-state index is 11.6. The molecule has 0 saturated heterocycles. The third-order valence-corrected chi connectivity index (χ3v) is 3.56. The molecular formula is C13H17NO5S. The minimum Gasteiger partial charge on any atom is -0.466 e. The van der Waals surface area contributed by atoms with Crippen molar-refractivity contribution >= 4 is 27.4 Å². The first-order valence-corrected chi connectivity index (χ1v) is 7.97. The molecule has 0 radical (unpaired) electrons. The zero-order chi connectivity index (χ0) is 15.2. The molecule has 0 heterocycles. The van der Waals surface area contributed by atoms with Gasteiger partial charge in [-0.15, -0.1) is 0 Å². The van der Waals surface area contributed by atoms with Crippen molar-refractivity contribution in [3.8, 4) is 0 Å². The Morgan fingerprint density at radius 1 is 1.15 bits per heavy atom. The van der Waals surface area contributed by atoms with Crippen LogP contribution in [0.15, 0.2) is 29.2 Å². The van der Waals surface area contributed by atoms with Crippen LogP contribution in [0.4, 0.5) is 5.69 Å². The van der Waals surface area contributed by atoms with E-state index in [4.69, 9.17) is 4.74 Å². The Kier molecular flexibility index (Phi) is 5.69. The average molecular weight is 299 g/mol. The highest BCUT2D eigenvalue weighted by molar-refractivity contribution is 7.90. The Morgan fingerprint density at radius 2 is 1.75 bits per heavy atom. The molecule has 0 bridgehead atoms. The zero-order valence-electron chi connectivity index (χ0n) is 11.4. The number of sulfone groups is 1. The van der Waals surface area contributed by atoms with E-state index >= 15 is 0 Å². The highest BCUT2D eigenvalue weighted by Crippen LogP contribution is 2.14. The van der Waals surface area contributed by atoms with Gasteiger partial charge in [0.1, 0.15) is 0 Å². The molecule has 0 aliphatic heterocycles. The minimum atomic E-state index is -3.25. The number of hydrogen-bond acceptors (Lipinski definition) is 5. The predicted molar refractivity (Wildman–Crippen MR) is 74.0 cm³/mol. The number of benzene rings is 1. The molecule has 110 valence electrons. The molecule has 6 nitrogen and oxygen atoms in total. The fraction of sp³-hybridized carbons (Fsp3) is 0.385. The first-order chi connectivity index (χ1) is 9.32. The van der Waals surface area contributed by atoms with Gasteiger partial charge in [-0.25, -0.2) is 8.42 Å².